The van der Waals surface area contributed by atoms with Gasteiger partial charge in [-0.15, -0.1) is 0 Å². The first-order valence-corrected chi connectivity index (χ1v) is 9.87. The minimum absolute atomic E-state index is 0.311. The Kier molecular flexibility index (Phi) is 6.00. The van der Waals surface area contributed by atoms with Crippen molar-refractivity contribution in [1.82, 2.24) is 15.1 Å². The van der Waals surface area contributed by atoms with Crippen LogP contribution < -0.4 is 5.32 Å². The van der Waals surface area contributed by atoms with Crippen molar-refractivity contribution >= 4 is 0 Å². The van der Waals surface area contributed by atoms with E-state index in [1.807, 2.05) is 0 Å². The van der Waals surface area contributed by atoms with Gasteiger partial charge in [-0.05, 0) is 72.4 Å². The fraction of sp³-hybridized carbons (Fsp3) is 1.00. The maximum atomic E-state index is 6.46. The molecule has 3 saturated heterocycles. The first-order chi connectivity index (χ1) is 11.0. The van der Waals surface area contributed by atoms with Gasteiger partial charge >= 0.3 is 0 Å². The number of piperidine rings is 3. The number of hydrogen-bond acceptors (Lipinski definition) is 4. The molecule has 0 atom stereocenters. The van der Waals surface area contributed by atoms with E-state index in [4.69, 9.17) is 4.74 Å². The molecule has 4 heteroatoms. The summed E-state index contributed by atoms with van der Waals surface area (Å²) >= 11 is 0. The third-order valence-electron chi connectivity index (χ3n) is 6.08. The summed E-state index contributed by atoms with van der Waals surface area (Å²) in [5, 5.41) is 3.48. The summed E-state index contributed by atoms with van der Waals surface area (Å²) in [6.07, 6.45) is 8.58. The van der Waals surface area contributed by atoms with Crippen LogP contribution in [0.15, 0.2) is 0 Å². The Bertz CT molecular complexity index is 346. The van der Waals surface area contributed by atoms with E-state index in [1.54, 1.807) is 0 Å². The lowest BCUT2D eigenvalue weighted by Crippen LogP contribution is -2.50. The summed E-state index contributed by atoms with van der Waals surface area (Å²) in [6.45, 7) is 14.3. The van der Waals surface area contributed by atoms with Crippen LogP contribution >= 0.6 is 0 Å². The third-order valence-corrected chi connectivity index (χ3v) is 6.08. The highest BCUT2D eigenvalue weighted by Gasteiger charge is 2.31. The average molecular weight is 324 g/mol. The van der Waals surface area contributed by atoms with Gasteiger partial charge in [-0.2, -0.15) is 0 Å². The van der Waals surface area contributed by atoms with E-state index in [-0.39, 0.29) is 0 Å². The highest BCUT2D eigenvalue weighted by atomic mass is 16.5. The van der Waals surface area contributed by atoms with E-state index >= 15 is 0 Å². The molecule has 3 aliphatic rings. The predicted molar refractivity (Wildman–Crippen MR) is 95.9 cm³/mol. The van der Waals surface area contributed by atoms with Crippen molar-refractivity contribution in [3.05, 3.63) is 0 Å². The fourth-order valence-corrected chi connectivity index (χ4v) is 4.48. The fourth-order valence-electron chi connectivity index (χ4n) is 4.48. The summed E-state index contributed by atoms with van der Waals surface area (Å²) < 4.78 is 6.46. The van der Waals surface area contributed by atoms with E-state index < -0.39 is 0 Å². The van der Waals surface area contributed by atoms with Gasteiger partial charge in [0.2, 0.25) is 0 Å². The Morgan fingerprint density at radius 2 is 1.30 bits per heavy atom. The second-order valence-corrected chi connectivity index (χ2v) is 8.71. The summed E-state index contributed by atoms with van der Waals surface area (Å²) in [6, 6.07) is 0.826. The molecule has 0 aromatic carbocycles. The molecule has 3 aliphatic heterocycles. The van der Waals surface area contributed by atoms with Gasteiger partial charge in [0, 0.05) is 37.8 Å². The zero-order valence-electron chi connectivity index (χ0n) is 15.5. The van der Waals surface area contributed by atoms with Crippen molar-refractivity contribution in [3.63, 3.8) is 0 Å². The molecule has 0 spiro atoms. The smallest absolute Gasteiger partial charge is 0.0603 e. The Labute approximate surface area is 142 Å². The molecule has 0 aliphatic carbocycles. The Morgan fingerprint density at radius 3 is 1.83 bits per heavy atom. The number of nitrogens with one attached hydrogen (secondary N) is 1. The molecule has 0 aromatic heterocycles. The number of hydrogen-bond donors (Lipinski definition) is 1. The molecule has 3 heterocycles. The lowest BCUT2D eigenvalue weighted by Gasteiger charge is -2.43. The second kappa shape index (κ2) is 7.81. The van der Waals surface area contributed by atoms with Crippen LogP contribution in [0.2, 0.25) is 0 Å². The number of rotatable bonds is 3. The van der Waals surface area contributed by atoms with Crippen molar-refractivity contribution in [1.29, 1.82) is 0 Å². The maximum absolute atomic E-state index is 6.46. The number of nitrogens with zero attached hydrogens (tertiary/aromatic N) is 2. The Balaban J connectivity index is 1.36. The molecule has 0 radical (unpaired) electrons. The third kappa shape index (κ3) is 4.91. The minimum atomic E-state index is 0.311. The minimum Gasteiger partial charge on any atom is -0.375 e. The SMILES string of the molecule is CC(C)(C)N1CCC(OC2CCN(C3CCNCC3)CC2)CC1. The van der Waals surface area contributed by atoms with Crippen LogP contribution in [-0.4, -0.2) is 72.9 Å². The molecular weight excluding hydrogens is 286 g/mol. The zero-order chi connectivity index (χ0) is 16.3. The van der Waals surface area contributed by atoms with Crippen LogP contribution in [0.3, 0.4) is 0 Å². The van der Waals surface area contributed by atoms with Gasteiger partial charge in [-0.25, -0.2) is 0 Å². The van der Waals surface area contributed by atoms with E-state index in [9.17, 15) is 0 Å². The Hall–Kier alpha value is -0.160. The van der Waals surface area contributed by atoms with E-state index in [2.05, 4.69) is 35.9 Å². The van der Waals surface area contributed by atoms with Crippen molar-refractivity contribution in [2.24, 2.45) is 0 Å². The first kappa shape index (κ1) is 17.7. The highest BCUT2D eigenvalue weighted by molar-refractivity contribution is 4.85. The standard InChI is InChI=1S/C19H37N3O/c1-19(2,3)22-14-8-18(9-15-22)23-17-6-12-21(13-7-17)16-4-10-20-11-5-16/h16-18,20H,4-15H2,1-3H3. The molecule has 0 amide bonds. The van der Waals surface area contributed by atoms with Crippen LogP contribution in [0.4, 0.5) is 0 Å². The topological polar surface area (TPSA) is 27.7 Å². The van der Waals surface area contributed by atoms with Crippen LogP contribution in [-0.2, 0) is 4.74 Å². The van der Waals surface area contributed by atoms with Crippen LogP contribution in [0, 0.1) is 0 Å². The number of likely N-dealkylation sites (tertiary alicyclic amines) is 2. The van der Waals surface area contributed by atoms with Crippen LogP contribution in [0.5, 0.6) is 0 Å². The van der Waals surface area contributed by atoms with Crippen LogP contribution in [0.25, 0.3) is 0 Å². The average Bonchev–Trinajstić information content (AvgIpc) is 2.56. The summed E-state index contributed by atoms with van der Waals surface area (Å²) in [5.74, 6) is 0. The van der Waals surface area contributed by atoms with Crippen molar-refractivity contribution in [2.45, 2.75) is 83.1 Å². The van der Waals surface area contributed by atoms with Gasteiger partial charge in [0.1, 0.15) is 0 Å². The molecule has 0 saturated carbocycles. The molecule has 23 heavy (non-hydrogen) atoms. The van der Waals surface area contributed by atoms with Gasteiger partial charge in [0.05, 0.1) is 12.2 Å². The predicted octanol–water partition coefficient (Wildman–Crippen LogP) is 2.48. The maximum Gasteiger partial charge on any atom is 0.0603 e. The normalized spacial score (nSPS) is 28.3. The molecule has 1 N–H and O–H groups in total. The summed E-state index contributed by atoms with van der Waals surface area (Å²) in [5.41, 5.74) is 0.311. The van der Waals surface area contributed by atoms with E-state index in [0.717, 1.165) is 6.04 Å². The largest absolute Gasteiger partial charge is 0.375 e. The van der Waals surface area contributed by atoms with E-state index in [1.165, 1.54) is 77.8 Å². The second-order valence-electron chi connectivity index (χ2n) is 8.71. The number of ether oxygens (including phenoxy) is 1. The molecule has 3 fully saturated rings. The molecular formula is C19H37N3O. The summed E-state index contributed by atoms with van der Waals surface area (Å²) in [4.78, 5) is 5.33. The first-order valence-electron chi connectivity index (χ1n) is 9.87. The zero-order valence-corrected chi connectivity index (χ0v) is 15.5. The molecule has 3 rings (SSSR count). The molecule has 0 bridgehead atoms. The van der Waals surface area contributed by atoms with Crippen molar-refractivity contribution in [3.8, 4) is 0 Å². The van der Waals surface area contributed by atoms with Gasteiger partial charge in [-0.1, -0.05) is 0 Å². The van der Waals surface area contributed by atoms with Gasteiger partial charge in [-0.3, -0.25) is 4.90 Å². The van der Waals surface area contributed by atoms with Crippen molar-refractivity contribution in [2.75, 3.05) is 39.3 Å². The molecule has 0 unspecified atom stereocenters. The van der Waals surface area contributed by atoms with Gasteiger partial charge in [0.25, 0.3) is 0 Å². The summed E-state index contributed by atoms with van der Waals surface area (Å²) in [7, 11) is 0. The van der Waals surface area contributed by atoms with E-state index in [0.29, 0.717) is 17.7 Å². The van der Waals surface area contributed by atoms with Gasteiger partial charge < -0.3 is 15.0 Å². The highest BCUT2D eigenvalue weighted by Crippen LogP contribution is 2.26. The van der Waals surface area contributed by atoms with Gasteiger partial charge in [0.15, 0.2) is 0 Å². The molecule has 134 valence electrons. The van der Waals surface area contributed by atoms with Crippen LogP contribution in [0.1, 0.15) is 59.3 Å². The molecule has 0 aromatic rings. The monoisotopic (exact) mass is 323 g/mol. The molecule has 4 nitrogen and oxygen atoms in total. The lowest BCUT2D eigenvalue weighted by atomic mass is 9.98. The quantitative estimate of drug-likeness (QED) is 0.863. The Morgan fingerprint density at radius 1 is 0.783 bits per heavy atom. The van der Waals surface area contributed by atoms with Crippen molar-refractivity contribution < 1.29 is 4.74 Å². The lowest BCUT2D eigenvalue weighted by molar-refractivity contribution is -0.0770.